The first-order chi connectivity index (χ1) is 8.20. The summed E-state index contributed by atoms with van der Waals surface area (Å²) in [4.78, 5) is 0. The number of nitrogens with two attached hydrogens (primary N) is 1. The van der Waals surface area contributed by atoms with Gasteiger partial charge >= 0.3 is 0 Å². The largest absolute Gasteiger partial charge is 0.381 e. The molecule has 0 aromatic rings. The van der Waals surface area contributed by atoms with Gasteiger partial charge in [-0.15, -0.1) is 0 Å². The summed E-state index contributed by atoms with van der Waals surface area (Å²) in [6.45, 7) is 6.61. The first-order valence-electron chi connectivity index (χ1n) is 7.24. The zero-order valence-electron chi connectivity index (χ0n) is 11.3. The van der Waals surface area contributed by atoms with Gasteiger partial charge in [-0.3, -0.25) is 11.3 Å². The second kappa shape index (κ2) is 6.17. The van der Waals surface area contributed by atoms with Crippen LogP contribution in [0.15, 0.2) is 0 Å². The zero-order valence-corrected chi connectivity index (χ0v) is 11.3. The average molecular weight is 240 g/mol. The van der Waals surface area contributed by atoms with E-state index >= 15 is 0 Å². The van der Waals surface area contributed by atoms with Crippen LogP contribution in [0.4, 0.5) is 0 Å². The topological polar surface area (TPSA) is 47.3 Å². The fraction of sp³-hybridized carbons (Fsp3) is 1.00. The van der Waals surface area contributed by atoms with E-state index in [2.05, 4.69) is 19.3 Å². The third-order valence-corrected chi connectivity index (χ3v) is 4.69. The Morgan fingerprint density at radius 2 is 1.59 bits per heavy atom. The van der Waals surface area contributed by atoms with Crippen LogP contribution in [0.25, 0.3) is 0 Å². The molecule has 3 unspecified atom stereocenters. The number of hydrazine groups is 1. The molecular weight excluding hydrogens is 212 g/mol. The van der Waals surface area contributed by atoms with Gasteiger partial charge in [-0.25, -0.2) is 0 Å². The van der Waals surface area contributed by atoms with Crippen molar-refractivity contribution in [3.05, 3.63) is 0 Å². The van der Waals surface area contributed by atoms with Crippen molar-refractivity contribution in [2.24, 2.45) is 29.5 Å². The molecule has 2 fully saturated rings. The van der Waals surface area contributed by atoms with E-state index in [4.69, 9.17) is 10.6 Å². The average Bonchev–Trinajstić information content (AvgIpc) is 2.30. The molecule has 1 aliphatic carbocycles. The van der Waals surface area contributed by atoms with Gasteiger partial charge < -0.3 is 4.74 Å². The van der Waals surface area contributed by atoms with Crippen molar-refractivity contribution < 1.29 is 4.74 Å². The molecule has 0 amide bonds. The van der Waals surface area contributed by atoms with Crippen LogP contribution in [-0.2, 0) is 4.74 Å². The molecule has 0 aromatic carbocycles. The van der Waals surface area contributed by atoms with Gasteiger partial charge in [-0.2, -0.15) is 0 Å². The highest BCUT2D eigenvalue weighted by atomic mass is 16.5. The van der Waals surface area contributed by atoms with Crippen LogP contribution in [-0.4, -0.2) is 19.3 Å². The standard InChI is InChI=1S/C14H28N2O/c1-10-7-11(2)9-13(8-10)14(16-15)12-3-5-17-6-4-12/h10-14,16H,3-9,15H2,1-2H3. The molecule has 1 heterocycles. The van der Waals surface area contributed by atoms with Crippen LogP contribution < -0.4 is 11.3 Å². The lowest BCUT2D eigenvalue weighted by molar-refractivity contribution is 0.0341. The van der Waals surface area contributed by atoms with E-state index in [9.17, 15) is 0 Å². The molecule has 0 spiro atoms. The van der Waals surface area contributed by atoms with Crippen molar-refractivity contribution in [2.45, 2.75) is 52.0 Å². The second-order valence-electron chi connectivity index (χ2n) is 6.32. The summed E-state index contributed by atoms with van der Waals surface area (Å²) in [5.41, 5.74) is 3.13. The molecule has 3 nitrogen and oxygen atoms in total. The molecule has 0 radical (unpaired) electrons. The third-order valence-electron chi connectivity index (χ3n) is 4.69. The van der Waals surface area contributed by atoms with Gasteiger partial charge in [0.15, 0.2) is 0 Å². The minimum atomic E-state index is 0.504. The van der Waals surface area contributed by atoms with Crippen LogP contribution in [0.5, 0.6) is 0 Å². The Hall–Kier alpha value is -0.120. The van der Waals surface area contributed by atoms with Crippen LogP contribution in [0.1, 0.15) is 46.0 Å². The van der Waals surface area contributed by atoms with Crippen LogP contribution in [0.2, 0.25) is 0 Å². The van der Waals surface area contributed by atoms with Crippen molar-refractivity contribution in [1.29, 1.82) is 0 Å². The summed E-state index contributed by atoms with van der Waals surface area (Å²) in [5, 5.41) is 0. The van der Waals surface area contributed by atoms with E-state index in [1.807, 2.05) is 0 Å². The maximum atomic E-state index is 5.83. The molecule has 2 rings (SSSR count). The molecule has 3 N–H and O–H groups in total. The lowest BCUT2D eigenvalue weighted by atomic mass is 9.70. The highest BCUT2D eigenvalue weighted by Gasteiger charge is 2.34. The molecule has 17 heavy (non-hydrogen) atoms. The Balaban J connectivity index is 1.96. The van der Waals surface area contributed by atoms with Gasteiger partial charge in [0.2, 0.25) is 0 Å². The van der Waals surface area contributed by atoms with Crippen molar-refractivity contribution in [3.8, 4) is 0 Å². The number of hydrogen-bond acceptors (Lipinski definition) is 3. The van der Waals surface area contributed by atoms with Gasteiger partial charge in [0.25, 0.3) is 0 Å². The Kier molecular flexibility index (Phi) is 4.83. The van der Waals surface area contributed by atoms with Crippen molar-refractivity contribution >= 4 is 0 Å². The van der Waals surface area contributed by atoms with E-state index in [0.29, 0.717) is 6.04 Å². The maximum absolute atomic E-state index is 5.83. The monoisotopic (exact) mass is 240 g/mol. The summed E-state index contributed by atoms with van der Waals surface area (Å²) < 4.78 is 5.46. The molecule has 0 bridgehead atoms. The van der Waals surface area contributed by atoms with Crippen LogP contribution in [0.3, 0.4) is 0 Å². The molecular formula is C14H28N2O. The summed E-state index contributed by atoms with van der Waals surface area (Å²) in [6, 6.07) is 0.504. The van der Waals surface area contributed by atoms with E-state index in [1.54, 1.807) is 0 Å². The van der Waals surface area contributed by atoms with Gasteiger partial charge in [-0.1, -0.05) is 13.8 Å². The maximum Gasteiger partial charge on any atom is 0.0469 e. The summed E-state index contributed by atoms with van der Waals surface area (Å²) in [5.74, 6) is 9.04. The summed E-state index contributed by atoms with van der Waals surface area (Å²) >= 11 is 0. The quantitative estimate of drug-likeness (QED) is 0.588. The number of ether oxygens (including phenoxy) is 1. The Morgan fingerprint density at radius 1 is 1.00 bits per heavy atom. The SMILES string of the molecule is CC1CC(C)CC(C(NN)C2CCOCC2)C1. The predicted molar refractivity (Wildman–Crippen MR) is 70.3 cm³/mol. The Labute approximate surface area is 105 Å². The smallest absolute Gasteiger partial charge is 0.0469 e. The van der Waals surface area contributed by atoms with Gasteiger partial charge in [0.1, 0.15) is 0 Å². The van der Waals surface area contributed by atoms with Crippen LogP contribution >= 0.6 is 0 Å². The number of rotatable bonds is 3. The summed E-state index contributed by atoms with van der Waals surface area (Å²) in [7, 11) is 0. The normalized spacial score (nSPS) is 37.9. The van der Waals surface area contributed by atoms with Crippen molar-refractivity contribution in [2.75, 3.05) is 13.2 Å². The second-order valence-corrected chi connectivity index (χ2v) is 6.32. The molecule has 3 atom stereocenters. The van der Waals surface area contributed by atoms with Crippen molar-refractivity contribution in [3.63, 3.8) is 0 Å². The minimum absolute atomic E-state index is 0.504. The van der Waals surface area contributed by atoms with E-state index in [-0.39, 0.29) is 0 Å². The molecule has 0 aromatic heterocycles. The molecule has 100 valence electrons. The van der Waals surface area contributed by atoms with Crippen LogP contribution in [0, 0.1) is 23.7 Å². The summed E-state index contributed by atoms with van der Waals surface area (Å²) in [6.07, 6.45) is 6.43. The molecule has 1 aliphatic heterocycles. The first kappa shape index (κ1) is 13.3. The Morgan fingerprint density at radius 3 is 2.12 bits per heavy atom. The zero-order chi connectivity index (χ0) is 12.3. The van der Waals surface area contributed by atoms with E-state index in [1.165, 1.54) is 32.1 Å². The Bertz CT molecular complexity index is 218. The van der Waals surface area contributed by atoms with E-state index in [0.717, 1.165) is 36.9 Å². The van der Waals surface area contributed by atoms with E-state index < -0.39 is 0 Å². The van der Waals surface area contributed by atoms with Crippen molar-refractivity contribution in [1.82, 2.24) is 5.43 Å². The molecule has 1 saturated heterocycles. The molecule has 2 aliphatic rings. The predicted octanol–water partition coefficient (Wildman–Crippen LogP) is 2.32. The lowest BCUT2D eigenvalue weighted by Crippen LogP contribution is -2.49. The fourth-order valence-corrected chi connectivity index (χ4v) is 4.03. The minimum Gasteiger partial charge on any atom is -0.381 e. The van der Waals surface area contributed by atoms with Gasteiger partial charge in [0, 0.05) is 19.3 Å². The number of nitrogens with one attached hydrogen (secondary N) is 1. The highest BCUT2D eigenvalue weighted by molar-refractivity contribution is 4.87. The molecule has 3 heteroatoms. The lowest BCUT2D eigenvalue weighted by Gasteiger charge is -2.40. The highest BCUT2D eigenvalue weighted by Crippen LogP contribution is 2.37. The molecule has 1 saturated carbocycles. The van der Waals surface area contributed by atoms with Gasteiger partial charge in [-0.05, 0) is 55.8 Å². The fourth-order valence-electron chi connectivity index (χ4n) is 4.03. The van der Waals surface area contributed by atoms with Gasteiger partial charge in [0.05, 0.1) is 0 Å². The number of hydrogen-bond donors (Lipinski definition) is 2. The third kappa shape index (κ3) is 3.43. The first-order valence-corrected chi connectivity index (χ1v) is 7.24.